The molecule has 2 aliphatic rings. The number of esters is 1. The molecule has 27 heavy (non-hydrogen) atoms. The van der Waals surface area contributed by atoms with Crippen LogP contribution in [0.2, 0.25) is 0 Å². The molecule has 0 aromatic heterocycles. The number of nitrogens with zero attached hydrogens (tertiary/aromatic N) is 1. The highest BCUT2D eigenvalue weighted by molar-refractivity contribution is 5.90. The van der Waals surface area contributed by atoms with Crippen molar-refractivity contribution < 1.29 is 31.0 Å². The highest BCUT2D eigenvalue weighted by atomic mass is 79.9. The van der Waals surface area contributed by atoms with E-state index in [1.165, 1.54) is 11.1 Å². The summed E-state index contributed by atoms with van der Waals surface area (Å²) in [5.41, 5.74) is 3.07. The van der Waals surface area contributed by atoms with Crippen LogP contribution in [-0.2, 0) is 22.6 Å². The lowest BCUT2D eigenvalue weighted by atomic mass is 9.85. The van der Waals surface area contributed by atoms with Crippen molar-refractivity contribution in [3.63, 3.8) is 0 Å². The first-order chi connectivity index (χ1) is 12.6. The van der Waals surface area contributed by atoms with Gasteiger partial charge in [0.25, 0.3) is 0 Å². The van der Waals surface area contributed by atoms with Crippen molar-refractivity contribution in [1.29, 1.82) is 0 Å². The number of benzene rings is 2. The topological polar surface area (TPSA) is 26.3 Å². The monoisotopic (exact) mass is 427 g/mol. The summed E-state index contributed by atoms with van der Waals surface area (Å²) in [5, 5.41) is 0. The first-order valence-corrected chi connectivity index (χ1v) is 9.42. The molecule has 0 radical (unpaired) electrons. The predicted molar refractivity (Wildman–Crippen MR) is 102 cm³/mol. The van der Waals surface area contributed by atoms with Crippen LogP contribution in [0.5, 0.6) is 0 Å². The van der Waals surface area contributed by atoms with E-state index in [-0.39, 0.29) is 28.6 Å². The van der Waals surface area contributed by atoms with Gasteiger partial charge in [-0.25, -0.2) is 4.79 Å². The average molecular weight is 428 g/mol. The van der Waals surface area contributed by atoms with Crippen LogP contribution in [-0.4, -0.2) is 29.1 Å². The predicted octanol–water partition coefficient (Wildman–Crippen LogP) is 1.24. The molecule has 0 bridgehead atoms. The van der Waals surface area contributed by atoms with Crippen molar-refractivity contribution in [2.24, 2.45) is 0 Å². The zero-order chi connectivity index (χ0) is 18.0. The van der Waals surface area contributed by atoms with Crippen LogP contribution in [0.25, 0.3) is 0 Å². The van der Waals surface area contributed by atoms with Gasteiger partial charge in [-0.1, -0.05) is 67.2 Å². The number of hydrogen-bond donors (Lipinski definition) is 0. The lowest BCUT2D eigenvalue weighted by Gasteiger charge is -2.46. The molecule has 2 heterocycles. The van der Waals surface area contributed by atoms with E-state index >= 15 is 0 Å². The summed E-state index contributed by atoms with van der Waals surface area (Å²) in [6.45, 7) is 7.94. The lowest BCUT2D eigenvalue weighted by molar-refractivity contribution is -0.959. The van der Waals surface area contributed by atoms with Crippen molar-refractivity contribution >= 4 is 5.97 Å². The normalized spacial score (nSPS) is 20.1. The van der Waals surface area contributed by atoms with Gasteiger partial charge in [0, 0.05) is 36.0 Å². The second-order valence-electron chi connectivity index (χ2n) is 7.93. The molecule has 0 N–H and O–H groups in total. The Morgan fingerprint density at radius 3 is 1.78 bits per heavy atom. The molecule has 0 saturated carbocycles. The third-order valence-electron chi connectivity index (χ3n) is 5.94. The van der Waals surface area contributed by atoms with Crippen molar-refractivity contribution in [3.05, 3.63) is 83.9 Å². The maximum absolute atomic E-state index is 11.9. The van der Waals surface area contributed by atoms with E-state index in [2.05, 4.69) is 67.2 Å². The van der Waals surface area contributed by atoms with Crippen LogP contribution in [0.1, 0.15) is 30.4 Å². The molecule has 0 unspecified atom stereocenters. The molecule has 2 aromatic carbocycles. The van der Waals surface area contributed by atoms with Crippen LogP contribution in [0.3, 0.4) is 0 Å². The molecule has 2 saturated heterocycles. The van der Waals surface area contributed by atoms with E-state index < -0.39 is 0 Å². The summed E-state index contributed by atoms with van der Waals surface area (Å²) in [4.78, 5) is 11.9. The smallest absolute Gasteiger partial charge is 0.334 e. The zero-order valence-corrected chi connectivity index (χ0v) is 17.2. The van der Waals surface area contributed by atoms with Crippen LogP contribution in [0, 0.1) is 0 Å². The fraction of sp³-hybridized carbons (Fsp3) is 0.348. The summed E-state index contributed by atoms with van der Waals surface area (Å²) in [7, 11) is 0. The van der Waals surface area contributed by atoms with Gasteiger partial charge >= 0.3 is 5.97 Å². The number of quaternary nitrogens is 1. The average Bonchev–Trinajstić information content (AvgIpc) is 2.94. The second kappa shape index (κ2) is 7.99. The number of carbonyl (C=O) groups excluding carboxylic acids is 1. The number of rotatable bonds is 4. The second-order valence-corrected chi connectivity index (χ2v) is 7.93. The van der Waals surface area contributed by atoms with E-state index in [0.29, 0.717) is 12.0 Å². The molecule has 0 atom stereocenters. The number of piperidine rings is 1. The first-order valence-electron chi connectivity index (χ1n) is 9.42. The molecule has 142 valence electrons. The Morgan fingerprint density at radius 2 is 1.37 bits per heavy atom. The third-order valence-corrected chi connectivity index (χ3v) is 5.94. The summed E-state index contributed by atoms with van der Waals surface area (Å²) in [5.74, 6) is -0.198. The van der Waals surface area contributed by atoms with Crippen molar-refractivity contribution in [2.75, 3.05) is 13.1 Å². The van der Waals surface area contributed by atoms with Crippen molar-refractivity contribution in [1.82, 2.24) is 0 Å². The molecule has 1 spiro atoms. The van der Waals surface area contributed by atoms with Gasteiger partial charge in [0.2, 0.25) is 0 Å². The van der Waals surface area contributed by atoms with Crippen LogP contribution < -0.4 is 17.0 Å². The molecule has 2 aliphatic heterocycles. The van der Waals surface area contributed by atoms with Crippen LogP contribution in [0.15, 0.2) is 72.8 Å². The number of ether oxygens (including phenoxy) is 1. The molecule has 2 fully saturated rings. The Hall–Kier alpha value is -1.91. The maximum Gasteiger partial charge on any atom is 0.334 e. The number of carbonyl (C=O) groups is 1. The highest BCUT2D eigenvalue weighted by Gasteiger charge is 2.49. The minimum Gasteiger partial charge on any atom is -1.00 e. The van der Waals surface area contributed by atoms with Gasteiger partial charge in [0.15, 0.2) is 0 Å². The molecule has 4 rings (SSSR count). The number of hydrogen-bond acceptors (Lipinski definition) is 2. The molecule has 2 aromatic rings. The lowest BCUT2D eigenvalue weighted by Crippen LogP contribution is -3.00. The van der Waals surface area contributed by atoms with Gasteiger partial charge in [-0.15, -0.1) is 0 Å². The minimum absolute atomic E-state index is 0. The van der Waals surface area contributed by atoms with E-state index in [4.69, 9.17) is 4.74 Å². The quantitative estimate of drug-likeness (QED) is 0.416. The molecular weight excluding hydrogens is 402 g/mol. The highest BCUT2D eigenvalue weighted by Crippen LogP contribution is 2.41. The Labute approximate surface area is 172 Å². The fourth-order valence-corrected chi connectivity index (χ4v) is 4.48. The maximum atomic E-state index is 11.9. The summed E-state index contributed by atoms with van der Waals surface area (Å²) in [6.07, 6.45) is 2.53. The summed E-state index contributed by atoms with van der Waals surface area (Å²) < 4.78 is 6.76. The van der Waals surface area contributed by atoms with Crippen molar-refractivity contribution in [2.45, 2.75) is 38.0 Å². The van der Waals surface area contributed by atoms with Gasteiger partial charge in [-0.3, -0.25) is 0 Å². The van der Waals surface area contributed by atoms with E-state index in [9.17, 15) is 4.79 Å². The largest absolute Gasteiger partial charge is 1.00 e. The molecule has 0 amide bonds. The zero-order valence-electron chi connectivity index (χ0n) is 15.6. The van der Waals surface area contributed by atoms with E-state index in [0.717, 1.165) is 43.5 Å². The Morgan fingerprint density at radius 1 is 0.889 bits per heavy atom. The van der Waals surface area contributed by atoms with Gasteiger partial charge in [-0.2, -0.15) is 0 Å². The molecule has 0 aliphatic carbocycles. The van der Waals surface area contributed by atoms with Crippen molar-refractivity contribution in [3.8, 4) is 0 Å². The first kappa shape index (κ1) is 19.8. The van der Waals surface area contributed by atoms with Gasteiger partial charge in [0.1, 0.15) is 18.7 Å². The standard InChI is InChI=1S/C23H26NO2.BrH/c1-19-16-23(26-22(19)25)12-14-24(15-13-23,17-20-8-4-2-5-9-20)18-21-10-6-3-7-11-21;/h2-11H,1,12-18H2;1H/q+1;/p-1. The van der Waals surface area contributed by atoms with Crippen LogP contribution in [0.4, 0.5) is 0 Å². The fourth-order valence-electron chi connectivity index (χ4n) is 4.48. The Kier molecular flexibility index (Phi) is 5.87. The Balaban J connectivity index is 0.00000210. The Bertz CT molecular complexity index is 734. The summed E-state index contributed by atoms with van der Waals surface area (Å²) >= 11 is 0. The molecule has 3 nitrogen and oxygen atoms in total. The number of halogens is 1. The third kappa shape index (κ3) is 4.33. The minimum atomic E-state index is -0.302. The van der Waals surface area contributed by atoms with Gasteiger partial charge in [0.05, 0.1) is 13.1 Å². The molecule has 4 heteroatoms. The SMILES string of the molecule is C=C1CC2(CC[N+](Cc3ccccc3)(Cc3ccccc3)CC2)OC1=O.[Br-]. The number of likely N-dealkylation sites (tertiary alicyclic amines) is 1. The molecular formula is C23H26BrNO2. The van der Waals surface area contributed by atoms with Crippen LogP contribution >= 0.6 is 0 Å². The van der Waals surface area contributed by atoms with Gasteiger partial charge in [-0.05, 0) is 0 Å². The van der Waals surface area contributed by atoms with E-state index in [1.54, 1.807) is 0 Å². The van der Waals surface area contributed by atoms with Gasteiger partial charge < -0.3 is 26.2 Å². The van der Waals surface area contributed by atoms with E-state index in [1.807, 2.05) is 0 Å². The summed E-state index contributed by atoms with van der Waals surface area (Å²) in [6, 6.07) is 21.5.